The van der Waals surface area contributed by atoms with E-state index in [1.54, 1.807) is 0 Å². The molecule has 0 aromatic heterocycles. The highest BCUT2D eigenvalue weighted by Crippen LogP contribution is 2.35. The SMILES string of the molecule is CC[C@@H]1CN(C(=O)N2CCC(C(=O)N3CCCCC3)CC2)c2ccccc2O1. The van der Waals surface area contributed by atoms with Crippen LogP contribution in [0, 0.1) is 5.92 Å². The van der Waals surface area contributed by atoms with Crippen molar-refractivity contribution in [2.45, 2.75) is 51.6 Å². The van der Waals surface area contributed by atoms with Crippen molar-refractivity contribution in [2.24, 2.45) is 5.92 Å². The van der Waals surface area contributed by atoms with Gasteiger partial charge in [0.15, 0.2) is 0 Å². The van der Waals surface area contributed by atoms with Gasteiger partial charge in [-0.3, -0.25) is 9.69 Å². The molecule has 152 valence electrons. The highest BCUT2D eigenvalue weighted by atomic mass is 16.5. The van der Waals surface area contributed by atoms with E-state index < -0.39 is 0 Å². The van der Waals surface area contributed by atoms with Crippen LogP contribution in [-0.4, -0.2) is 60.6 Å². The van der Waals surface area contributed by atoms with E-state index in [2.05, 4.69) is 6.92 Å². The number of fused-ring (bicyclic) bond motifs is 1. The Morgan fingerprint density at radius 2 is 1.71 bits per heavy atom. The molecule has 28 heavy (non-hydrogen) atoms. The number of rotatable bonds is 2. The lowest BCUT2D eigenvalue weighted by molar-refractivity contribution is -0.137. The van der Waals surface area contributed by atoms with Crippen molar-refractivity contribution in [3.8, 4) is 5.75 Å². The minimum absolute atomic E-state index is 0.0251. The van der Waals surface area contributed by atoms with Gasteiger partial charge in [0.2, 0.25) is 5.91 Å². The molecule has 3 aliphatic rings. The van der Waals surface area contributed by atoms with Gasteiger partial charge in [-0.25, -0.2) is 4.79 Å². The lowest BCUT2D eigenvalue weighted by atomic mass is 9.94. The highest BCUT2D eigenvalue weighted by Gasteiger charge is 2.35. The molecule has 2 fully saturated rings. The molecule has 0 spiro atoms. The predicted molar refractivity (Wildman–Crippen MR) is 109 cm³/mol. The molecule has 6 nitrogen and oxygen atoms in total. The Kier molecular flexibility index (Phi) is 5.74. The maximum atomic E-state index is 13.3. The Labute approximate surface area is 167 Å². The van der Waals surface area contributed by atoms with Crippen LogP contribution in [0.4, 0.5) is 10.5 Å². The zero-order valence-corrected chi connectivity index (χ0v) is 16.8. The molecule has 0 N–H and O–H groups in total. The number of para-hydroxylation sites is 2. The summed E-state index contributed by atoms with van der Waals surface area (Å²) in [5.41, 5.74) is 0.851. The van der Waals surface area contributed by atoms with Crippen LogP contribution in [-0.2, 0) is 4.79 Å². The number of urea groups is 1. The van der Waals surface area contributed by atoms with Gasteiger partial charge in [-0.05, 0) is 50.7 Å². The summed E-state index contributed by atoms with van der Waals surface area (Å²) in [6.45, 7) is 5.78. The number of hydrogen-bond donors (Lipinski definition) is 0. The number of carbonyl (C=O) groups is 2. The first-order chi connectivity index (χ1) is 13.7. The van der Waals surface area contributed by atoms with Crippen LogP contribution in [0.1, 0.15) is 45.4 Å². The van der Waals surface area contributed by atoms with Gasteiger partial charge in [0, 0.05) is 32.1 Å². The fourth-order valence-corrected chi connectivity index (χ4v) is 4.55. The summed E-state index contributed by atoms with van der Waals surface area (Å²) in [6.07, 6.45) is 5.91. The van der Waals surface area contributed by atoms with Crippen LogP contribution < -0.4 is 9.64 Å². The number of anilines is 1. The average molecular weight is 386 g/mol. The number of carbonyl (C=O) groups excluding carboxylic acids is 2. The van der Waals surface area contributed by atoms with Crippen molar-refractivity contribution in [3.05, 3.63) is 24.3 Å². The van der Waals surface area contributed by atoms with Gasteiger partial charge in [0.1, 0.15) is 11.9 Å². The first kappa shape index (κ1) is 19.1. The van der Waals surface area contributed by atoms with E-state index in [9.17, 15) is 9.59 Å². The zero-order chi connectivity index (χ0) is 19.5. The van der Waals surface area contributed by atoms with E-state index in [0.29, 0.717) is 25.5 Å². The smallest absolute Gasteiger partial charge is 0.324 e. The number of nitrogens with zero attached hydrogens (tertiary/aromatic N) is 3. The van der Waals surface area contributed by atoms with E-state index in [0.717, 1.165) is 56.6 Å². The molecule has 6 heteroatoms. The number of ether oxygens (including phenoxy) is 1. The molecule has 0 aliphatic carbocycles. The largest absolute Gasteiger partial charge is 0.486 e. The monoisotopic (exact) mass is 385 g/mol. The first-order valence-corrected chi connectivity index (χ1v) is 10.8. The topological polar surface area (TPSA) is 53.1 Å². The molecular weight excluding hydrogens is 354 g/mol. The molecule has 0 unspecified atom stereocenters. The third-order valence-corrected chi connectivity index (χ3v) is 6.30. The minimum Gasteiger partial charge on any atom is -0.486 e. The van der Waals surface area contributed by atoms with E-state index >= 15 is 0 Å². The van der Waals surface area contributed by atoms with Crippen molar-refractivity contribution < 1.29 is 14.3 Å². The first-order valence-electron chi connectivity index (χ1n) is 10.8. The standard InChI is InChI=1S/C22H31N3O3/c1-2-18-16-25(19-8-4-5-9-20(19)28-18)22(27)24-14-10-17(11-15-24)21(26)23-12-6-3-7-13-23/h4-5,8-9,17-18H,2-3,6-7,10-16H2,1H3/t18-/m1/s1. The fourth-order valence-electron chi connectivity index (χ4n) is 4.55. The summed E-state index contributed by atoms with van der Waals surface area (Å²) in [4.78, 5) is 31.8. The van der Waals surface area contributed by atoms with Gasteiger partial charge in [-0.15, -0.1) is 0 Å². The second-order valence-electron chi connectivity index (χ2n) is 8.16. The van der Waals surface area contributed by atoms with Crippen LogP contribution in [0.2, 0.25) is 0 Å². The van der Waals surface area contributed by atoms with Gasteiger partial charge >= 0.3 is 6.03 Å². The number of benzene rings is 1. The molecule has 4 rings (SSSR count). The summed E-state index contributed by atoms with van der Waals surface area (Å²) in [6, 6.07) is 7.81. The number of amides is 3. The lowest BCUT2D eigenvalue weighted by Gasteiger charge is -2.40. The Morgan fingerprint density at radius 1 is 1.00 bits per heavy atom. The zero-order valence-electron chi connectivity index (χ0n) is 16.8. The maximum absolute atomic E-state index is 13.3. The second kappa shape index (κ2) is 8.41. The Bertz CT molecular complexity index is 709. The van der Waals surface area contributed by atoms with Crippen molar-refractivity contribution in [1.82, 2.24) is 9.80 Å². The second-order valence-corrected chi connectivity index (χ2v) is 8.16. The third kappa shape index (κ3) is 3.82. The molecule has 3 aliphatic heterocycles. The molecule has 0 radical (unpaired) electrons. The van der Waals surface area contributed by atoms with Gasteiger partial charge < -0.3 is 14.5 Å². The van der Waals surface area contributed by atoms with Gasteiger partial charge in [0.25, 0.3) is 0 Å². The van der Waals surface area contributed by atoms with Gasteiger partial charge in [-0.2, -0.15) is 0 Å². The van der Waals surface area contributed by atoms with E-state index in [1.165, 1.54) is 6.42 Å². The fraction of sp³-hybridized carbons (Fsp3) is 0.636. The summed E-state index contributed by atoms with van der Waals surface area (Å²) >= 11 is 0. The summed E-state index contributed by atoms with van der Waals surface area (Å²) in [5, 5.41) is 0. The normalized spacial score (nSPS) is 23.2. The quantitative estimate of drug-likeness (QED) is 0.783. The predicted octanol–water partition coefficient (Wildman–Crippen LogP) is 3.51. The molecule has 3 amide bonds. The minimum atomic E-state index is 0.0251. The highest BCUT2D eigenvalue weighted by molar-refractivity contribution is 5.94. The third-order valence-electron chi connectivity index (χ3n) is 6.30. The molecule has 3 heterocycles. The van der Waals surface area contributed by atoms with Crippen LogP contribution in [0.3, 0.4) is 0 Å². The summed E-state index contributed by atoms with van der Waals surface area (Å²) in [5.74, 6) is 1.15. The lowest BCUT2D eigenvalue weighted by Crippen LogP contribution is -2.52. The molecule has 1 aromatic carbocycles. The number of likely N-dealkylation sites (tertiary alicyclic amines) is 2. The number of hydrogen-bond acceptors (Lipinski definition) is 3. The van der Waals surface area contributed by atoms with Gasteiger partial charge in [-0.1, -0.05) is 19.1 Å². The van der Waals surface area contributed by atoms with Gasteiger partial charge in [0.05, 0.1) is 12.2 Å². The van der Waals surface area contributed by atoms with Crippen LogP contribution in [0.15, 0.2) is 24.3 Å². The summed E-state index contributed by atoms with van der Waals surface area (Å²) < 4.78 is 6.00. The molecule has 1 atom stereocenters. The van der Waals surface area contributed by atoms with E-state index in [4.69, 9.17) is 4.74 Å². The molecule has 0 saturated carbocycles. The molecule has 2 saturated heterocycles. The maximum Gasteiger partial charge on any atom is 0.324 e. The van der Waals surface area contributed by atoms with Crippen molar-refractivity contribution in [2.75, 3.05) is 37.6 Å². The van der Waals surface area contributed by atoms with E-state index in [1.807, 2.05) is 39.0 Å². The molecular formula is C22H31N3O3. The van der Waals surface area contributed by atoms with E-state index in [-0.39, 0.29) is 18.1 Å². The van der Waals surface area contributed by atoms with Crippen LogP contribution in [0.5, 0.6) is 5.75 Å². The van der Waals surface area contributed by atoms with Crippen molar-refractivity contribution >= 4 is 17.6 Å². The number of piperidine rings is 2. The Balaban J connectivity index is 1.39. The van der Waals surface area contributed by atoms with Crippen molar-refractivity contribution in [1.29, 1.82) is 0 Å². The van der Waals surface area contributed by atoms with Crippen LogP contribution in [0.25, 0.3) is 0 Å². The Morgan fingerprint density at radius 3 is 2.43 bits per heavy atom. The van der Waals surface area contributed by atoms with Crippen molar-refractivity contribution in [3.63, 3.8) is 0 Å². The molecule has 1 aromatic rings. The summed E-state index contributed by atoms with van der Waals surface area (Å²) in [7, 11) is 0. The Hall–Kier alpha value is -2.24. The molecule has 0 bridgehead atoms. The van der Waals surface area contributed by atoms with Crippen LogP contribution >= 0.6 is 0 Å². The average Bonchev–Trinajstić information content (AvgIpc) is 2.78.